The highest BCUT2D eigenvalue weighted by Crippen LogP contribution is 2.32. The van der Waals surface area contributed by atoms with Crippen LogP contribution in [0.2, 0.25) is 0 Å². The van der Waals surface area contributed by atoms with Gasteiger partial charge in [-0.05, 0) is 64.3 Å². The lowest BCUT2D eigenvalue weighted by Gasteiger charge is -2.32. The first-order valence-corrected chi connectivity index (χ1v) is 10.4. The monoisotopic (exact) mass is 403 g/mol. The summed E-state index contributed by atoms with van der Waals surface area (Å²) in [6, 6.07) is 5.61. The second-order valence-corrected chi connectivity index (χ2v) is 8.97. The molecule has 1 aliphatic carbocycles. The van der Waals surface area contributed by atoms with Crippen LogP contribution in [-0.4, -0.2) is 49.4 Å². The van der Waals surface area contributed by atoms with E-state index in [-0.39, 0.29) is 12.0 Å². The third kappa shape index (κ3) is 5.41. The molecule has 1 saturated carbocycles. The molecule has 0 radical (unpaired) electrons. The SMILES string of the molecule is Cc1cc(N2CCOCC2)ccc1NC(=O)NC1(C(=O)OC(C)(C)C)CCCC1. The summed E-state index contributed by atoms with van der Waals surface area (Å²) >= 11 is 0. The first-order chi connectivity index (χ1) is 13.7. The van der Waals surface area contributed by atoms with Gasteiger partial charge in [-0.15, -0.1) is 0 Å². The van der Waals surface area contributed by atoms with Gasteiger partial charge in [0.15, 0.2) is 0 Å². The number of anilines is 2. The molecule has 1 aromatic rings. The van der Waals surface area contributed by atoms with E-state index >= 15 is 0 Å². The molecule has 3 rings (SSSR count). The first-order valence-electron chi connectivity index (χ1n) is 10.4. The predicted octanol–water partition coefficient (Wildman–Crippen LogP) is 3.61. The molecule has 0 unspecified atom stereocenters. The second-order valence-electron chi connectivity index (χ2n) is 8.97. The van der Waals surface area contributed by atoms with Crippen molar-refractivity contribution < 1.29 is 19.1 Å². The van der Waals surface area contributed by atoms with Gasteiger partial charge in [-0.2, -0.15) is 0 Å². The molecule has 2 amide bonds. The molecule has 0 spiro atoms. The molecule has 7 nitrogen and oxygen atoms in total. The van der Waals surface area contributed by atoms with Gasteiger partial charge in [0, 0.05) is 24.5 Å². The Bertz CT molecular complexity index is 745. The molecule has 0 bridgehead atoms. The Morgan fingerprint density at radius 2 is 1.79 bits per heavy atom. The van der Waals surface area contributed by atoms with E-state index in [1.165, 1.54) is 0 Å². The zero-order chi connectivity index (χ0) is 21.1. The molecule has 2 aliphatic rings. The number of carbonyl (C=O) groups excluding carboxylic acids is 2. The van der Waals surface area contributed by atoms with Crippen LogP contribution in [0.15, 0.2) is 18.2 Å². The maximum atomic E-state index is 12.8. The van der Waals surface area contributed by atoms with Crippen molar-refractivity contribution in [3.05, 3.63) is 23.8 Å². The van der Waals surface area contributed by atoms with Crippen LogP contribution >= 0.6 is 0 Å². The molecule has 2 N–H and O–H groups in total. The fourth-order valence-corrected chi connectivity index (χ4v) is 3.91. The van der Waals surface area contributed by atoms with Gasteiger partial charge in [-0.25, -0.2) is 9.59 Å². The van der Waals surface area contributed by atoms with Crippen LogP contribution in [0, 0.1) is 6.92 Å². The number of morpholine rings is 1. The van der Waals surface area contributed by atoms with Gasteiger partial charge in [-0.1, -0.05) is 12.8 Å². The van der Waals surface area contributed by atoms with Gasteiger partial charge >= 0.3 is 12.0 Å². The molecule has 1 saturated heterocycles. The highest BCUT2D eigenvalue weighted by molar-refractivity contribution is 5.95. The second kappa shape index (κ2) is 8.61. The van der Waals surface area contributed by atoms with Crippen molar-refractivity contribution in [2.75, 3.05) is 36.5 Å². The number of ether oxygens (including phenoxy) is 2. The van der Waals surface area contributed by atoms with Crippen molar-refractivity contribution in [3.63, 3.8) is 0 Å². The van der Waals surface area contributed by atoms with Crippen LogP contribution in [-0.2, 0) is 14.3 Å². The molecule has 1 heterocycles. The van der Waals surface area contributed by atoms with Gasteiger partial charge in [0.25, 0.3) is 0 Å². The van der Waals surface area contributed by atoms with E-state index in [0.717, 1.165) is 56.1 Å². The smallest absolute Gasteiger partial charge is 0.332 e. The third-order valence-corrected chi connectivity index (χ3v) is 5.43. The van der Waals surface area contributed by atoms with Gasteiger partial charge < -0.3 is 25.0 Å². The van der Waals surface area contributed by atoms with Crippen molar-refractivity contribution in [2.45, 2.75) is 64.5 Å². The molecular formula is C22H33N3O4. The summed E-state index contributed by atoms with van der Waals surface area (Å²) in [5.74, 6) is -0.350. The van der Waals surface area contributed by atoms with E-state index in [9.17, 15) is 9.59 Å². The number of carbonyl (C=O) groups is 2. The van der Waals surface area contributed by atoms with Crippen molar-refractivity contribution in [3.8, 4) is 0 Å². The Hall–Kier alpha value is -2.28. The summed E-state index contributed by atoms with van der Waals surface area (Å²) in [4.78, 5) is 27.8. The maximum Gasteiger partial charge on any atom is 0.332 e. The van der Waals surface area contributed by atoms with Crippen LogP contribution in [0.4, 0.5) is 16.2 Å². The summed E-state index contributed by atoms with van der Waals surface area (Å²) in [6.07, 6.45) is 2.99. The largest absolute Gasteiger partial charge is 0.458 e. The number of rotatable bonds is 4. The van der Waals surface area contributed by atoms with Crippen molar-refractivity contribution in [1.29, 1.82) is 0 Å². The average Bonchev–Trinajstić information content (AvgIpc) is 3.12. The van der Waals surface area contributed by atoms with Gasteiger partial charge in [-0.3, -0.25) is 0 Å². The lowest BCUT2D eigenvalue weighted by atomic mass is 9.97. The first kappa shape index (κ1) is 21.4. The minimum atomic E-state index is -0.945. The predicted molar refractivity (Wildman–Crippen MR) is 113 cm³/mol. The normalized spacial score (nSPS) is 19.0. The number of urea groups is 1. The van der Waals surface area contributed by atoms with E-state index in [1.807, 2.05) is 39.8 Å². The zero-order valence-electron chi connectivity index (χ0n) is 18.0. The Kier molecular flexibility index (Phi) is 6.36. The molecule has 29 heavy (non-hydrogen) atoms. The highest BCUT2D eigenvalue weighted by atomic mass is 16.6. The molecule has 0 aromatic heterocycles. The van der Waals surface area contributed by atoms with E-state index in [4.69, 9.17) is 9.47 Å². The number of nitrogens with one attached hydrogen (secondary N) is 2. The van der Waals surface area contributed by atoms with Crippen LogP contribution < -0.4 is 15.5 Å². The summed E-state index contributed by atoms with van der Waals surface area (Å²) in [6.45, 7) is 10.7. The van der Waals surface area contributed by atoms with E-state index < -0.39 is 11.1 Å². The van der Waals surface area contributed by atoms with Crippen molar-refractivity contribution in [2.24, 2.45) is 0 Å². The third-order valence-electron chi connectivity index (χ3n) is 5.43. The molecule has 7 heteroatoms. The number of amides is 2. The number of hydrogen-bond acceptors (Lipinski definition) is 5. The van der Waals surface area contributed by atoms with Gasteiger partial charge in [0.05, 0.1) is 13.2 Å². The number of hydrogen-bond donors (Lipinski definition) is 2. The summed E-state index contributed by atoms with van der Waals surface area (Å²) in [5.41, 5.74) is 1.30. The minimum Gasteiger partial charge on any atom is -0.458 e. The Morgan fingerprint density at radius 3 is 2.38 bits per heavy atom. The quantitative estimate of drug-likeness (QED) is 0.751. The lowest BCUT2D eigenvalue weighted by molar-refractivity contribution is -0.162. The van der Waals surface area contributed by atoms with E-state index in [0.29, 0.717) is 12.8 Å². The highest BCUT2D eigenvalue weighted by Gasteiger charge is 2.45. The van der Waals surface area contributed by atoms with Crippen molar-refractivity contribution in [1.82, 2.24) is 5.32 Å². The zero-order valence-corrected chi connectivity index (χ0v) is 18.0. The molecule has 160 valence electrons. The fourth-order valence-electron chi connectivity index (χ4n) is 3.91. The summed E-state index contributed by atoms with van der Waals surface area (Å²) in [7, 11) is 0. The molecule has 1 aromatic carbocycles. The van der Waals surface area contributed by atoms with Crippen LogP contribution in [0.1, 0.15) is 52.0 Å². The standard InChI is InChI=1S/C22H33N3O4/c1-16-15-17(25-11-13-28-14-12-25)7-8-18(16)23-20(27)24-22(9-5-6-10-22)19(26)29-21(2,3)4/h7-8,15H,5-6,9-14H2,1-4H3,(H2,23,24,27). The maximum absolute atomic E-state index is 12.8. The lowest BCUT2D eigenvalue weighted by Crippen LogP contribution is -2.55. The molecule has 1 aliphatic heterocycles. The van der Waals surface area contributed by atoms with Crippen LogP contribution in [0.3, 0.4) is 0 Å². The summed E-state index contributed by atoms with van der Waals surface area (Å²) in [5, 5.41) is 5.83. The molecule has 0 atom stereocenters. The fraction of sp³-hybridized carbons (Fsp3) is 0.636. The Labute approximate surface area is 173 Å². The Morgan fingerprint density at radius 1 is 1.14 bits per heavy atom. The van der Waals surface area contributed by atoms with Crippen molar-refractivity contribution >= 4 is 23.4 Å². The minimum absolute atomic E-state index is 0.350. The van der Waals surface area contributed by atoms with Crippen LogP contribution in [0.25, 0.3) is 0 Å². The van der Waals surface area contributed by atoms with Gasteiger partial charge in [0.1, 0.15) is 11.1 Å². The van der Waals surface area contributed by atoms with E-state index in [1.54, 1.807) is 0 Å². The van der Waals surface area contributed by atoms with Crippen LogP contribution in [0.5, 0.6) is 0 Å². The number of nitrogens with zero attached hydrogens (tertiary/aromatic N) is 1. The van der Waals surface area contributed by atoms with Gasteiger partial charge in [0.2, 0.25) is 0 Å². The van der Waals surface area contributed by atoms with E-state index in [2.05, 4.69) is 21.6 Å². The topological polar surface area (TPSA) is 79.9 Å². The molecular weight excluding hydrogens is 370 g/mol. The average molecular weight is 404 g/mol. The Balaban J connectivity index is 1.66. The molecule has 2 fully saturated rings. The number of benzene rings is 1. The summed E-state index contributed by atoms with van der Waals surface area (Å²) < 4.78 is 11.0. The number of aryl methyl sites for hydroxylation is 1. The number of esters is 1.